The summed E-state index contributed by atoms with van der Waals surface area (Å²) in [4.78, 5) is 2.62. The monoisotopic (exact) mass is 352 g/mol. The fourth-order valence-corrected chi connectivity index (χ4v) is 3.88. The molecule has 1 fully saturated rings. The van der Waals surface area contributed by atoms with E-state index in [2.05, 4.69) is 65.1 Å². The van der Waals surface area contributed by atoms with Crippen LogP contribution < -0.4 is 5.32 Å². The minimum absolute atomic E-state index is 0.567. The Bertz CT molecular complexity index is 455. The second-order valence-corrected chi connectivity index (χ2v) is 7.23. The van der Waals surface area contributed by atoms with Gasteiger partial charge in [0.2, 0.25) is 0 Å². The van der Waals surface area contributed by atoms with Gasteiger partial charge in [0.1, 0.15) is 0 Å². The SMILES string of the molecule is CCNCc1ccc(CN2CCC(CC)(CC)C2)c(Br)c1. The highest BCUT2D eigenvalue weighted by Gasteiger charge is 2.34. The first kappa shape index (κ1) is 17.0. The first-order chi connectivity index (χ1) is 10.1. The molecular weight excluding hydrogens is 324 g/mol. The summed E-state index contributed by atoms with van der Waals surface area (Å²) in [6.45, 7) is 12.4. The van der Waals surface area contributed by atoms with E-state index in [1.807, 2.05) is 0 Å². The highest BCUT2D eigenvalue weighted by Crippen LogP contribution is 2.37. The van der Waals surface area contributed by atoms with Gasteiger partial charge in [-0.15, -0.1) is 0 Å². The van der Waals surface area contributed by atoms with E-state index in [1.165, 1.54) is 48.0 Å². The number of benzene rings is 1. The van der Waals surface area contributed by atoms with Gasteiger partial charge in [0.15, 0.2) is 0 Å². The minimum Gasteiger partial charge on any atom is -0.313 e. The predicted molar refractivity (Wildman–Crippen MR) is 94.4 cm³/mol. The van der Waals surface area contributed by atoms with Crippen LogP contribution in [0.15, 0.2) is 22.7 Å². The summed E-state index contributed by atoms with van der Waals surface area (Å²) in [6, 6.07) is 6.81. The van der Waals surface area contributed by atoms with Gasteiger partial charge in [-0.2, -0.15) is 0 Å². The fourth-order valence-electron chi connectivity index (χ4n) is 3.33. The third-order valence-electron chi connectivity index (χ3n) is 5.11. The summed E-state index contributed by atoms with van der Waals surface area (Å²) in [6.07, 6.45) is 3.97. The summed E-state index contributed by atoms with van der Waals surface area (Å²) in [7, 11) is 0. The Hall–Kier alpha value is -0.380. The van der Waals surface area contributed by atoms with Crippen LogP contribution in [-0.2, 0) is 13.1 Å². The molecule has 0 amide bonds. The van der Waals surface area contributed by atoms with E-state index in [9.17, 15) is 0 Å². The van der Waals surface area contributed by atoms with E-state index in [4.69, 9.17) is 0 Å². The van der Waals surface area contributed by atoms with Gasteiger partial charge in [0.25, 0.3) is 0 Å². The molecule has 1 heterocycles. The van der Waals surface area contributed by atoms with Crippen molar-refractivity contribution in [1.82, 2.24) is 10.2 Å². The molecule has 2 rings (SSSR count). The molecule has 1 aliphatic heterocycles. The van der Waals surface area contributed by atoms with Crippen molar-refractivity contribution in [2.75, 3.05) is 19.6 Å². The Labute approximate surface area is 138 Å². The summed E-state index contributed by atoms with van der Waals surface area (Å²) in [5, 5.41) is 3.38. The molecule has 0 aliphatic carbocycles. The smallest absolute Gasteiger partial charge is 0.0245 e. The van der Waals surface area contributed by atoms with Crippen LogP contribution in [0.4, 0.5) is 0 Å². The van der Waals surface area contributed by atoms with Crippen LogP contribution in [0.1, 0.15) is 51.2 Å². The number of halogens is 1. The van der Waals surface area contributed by atoms with Gasteiger partial charge in [0, 0.05) is 24.1 Å². The normalized spacial score (nSPS) is 18.3. The Morgan fingerprint density at radius 2 is 2.00 bits per heavy atom. The van der Waals surface area contributed by atoms with Crippen molar-refractivity contribution in [2.45, 2.75) is 53.1 Å². The largest absolute Gasteiger partial charge is 0.313 e. The van der Waals surface area contributed by atoms with Gasteiger partial charge < -0.3 is 5.32 Å². The van der Waals surface area contributed by atoms with E-state index >= 15 is 0 Å². The second-order valence-electron chi connectivity index (χ2n) is 6.37. The summed E-state index contributed by atoms with van der Waals surface area (Å²) >= 11 is 3.75. The van der Waals surface area contributed by atoms with Crippen molar-refractivity contribution in [3.05, 3.63) is 33.8 Å². The standard InChI is InChI=1S/C18H29BrN2/c1-4-18(5-2)9-10-21(14-18)13-16-8-7-15(11-17(16)19)12-20-6-3/h7-8,11,20H,4-6,9-10,12-14H2,1-3H3. The molecule has 118 valence electrons. The molecule has 1 aromatic rings. The molecule has 0 aromatic heterocycles. The average Bonchev–Trinajstić information content (AvgIpc) is 2.91. The number of hydrogen-bond acceptors (Lipinski definition) is 2. The zero-order valence-electron chi connectivity index (χ0n) is 13.7. The minimum atomic E-state index is 0.567. The Balaban J connectivity index is 1.97. The summed E-state index contributed by atoms with van der Waals surface area (Å²) < 4.78 is 1.25. The molecule has 0 unspecified atom stereocenters. The molecule has 1 saturated heterocycles. The van der Waals surface area contributed by atoms with Gasteiger partial charge in [-0.25, -0.2) is 0 Å². The molecule has 1 aromatic carbocycles. The van der Waals surface area contributed by atoms with Crippen LogP contribution in [0, 0.1) is 5.41 Å². The maximum atomic E-state index is 3.75. The lowest BCUT2D eigenvalue weighted by atomic mass is 9.82. The van der Waals surface area contributed by atoms with Crippen molar-refractivity contribution >= 4 is 15.9 Å². The lowest BCUT2D eigenvalue weighted by Crippen LogP contribution is -2.26. The van der Waals surface area contributed by atoms with Crippen LogP contribution in [0.5, 0.6) is 0 Å². The number of likely N-dealkylation sites (tertiary alicyclic amines) is 1. The second kappa shape index (κ2) is 7.75. The van der Waals surface area contributed by atoms with Crippen LogP contribution in [0.25, 0.3) is 0 Å². The molecule has 21 heavy (non-hydrogen) atoms. The fraction of sp³-hybridized carbons (Fsp3) is 0.667. The Kier molecular flexibility index (Phi) is 6.27. The maximum absolute atomic E-state index is 3.75. The quantitative estimate of drug-likeness (QED) is 0.772. The molecular formula is C18H29BrN2. The lowest BCUT2D eigenvalue weighted by Gasteiger charge is -2.26. The van der Waals surface area contributed by atoms with Crippen LogP contribution in [-0.4, -0.2) is 24.5 Å². The number of nitrogens with one attached hydrogen (secondary N) is 1. The van der Waals surface area contributed by atoms with Crippen molar-refractivity contribution in [2.24, 2.45) is 5.41 Å². The molecule has 1 aliphatic rings. The van der Waals surface area contributed by atoms with Crippen molar-refractivity contribution < 1.29 is 0 Å². The molecule has 2 nitrogen and oxygen atoms in total. The van der Waals surface area contributed by atoms with E-state index in [0.29, 0.717) is 5.41 Å². The molecule has 0 spiro atoms. The van der Waals surface area contributed by atoms with E-state index in [0.717, 1.165) is 19.6 Å². The number of nitrogens with zero attached hydrogens (tertiary/aromatic N) is 1. The van der Waals surface area contributed by atoms with Gasteiger partial charge in [-0.3, -0.25) is 4.90 Å². The topological polar surface area (TPSA) is 15.3 Å². The van der Waals surface area contributed by atoms with Crippen LogP contribution in [0.2, 0.25) is 0 Å². The van der Waals surface area contributed by atoms with Crippen molar-refractivity contribution in [3.8, 4) is 0 Å². The first-order valence-electron chi connectivity index (χ1n) is 8.33. The number of hydrogen-bond donors (Lipinski definition) is 1. The third kappa shape index (κ3) is 4.30. The van der Waals surface area contributed by atoms with Crippen LogP contribution in [0.3, 0.4) is 0 Å². The molecule has 0 saturated carbocycles. The van der Waals surface area contributed by atoms with Gasteiger partial charge in [-0.1, -0.05) is 48.8 Å². The maximum Gasteiger partial charge on any atom is 0.0245 e. The van der Waals surface area contributed by atoms with Gasteiger partial charge in [0.05, 0.1) is 0 Å². The molecule has 0 bridgehead atoms. The first-order valence-corrected chi connectivity index (χ1v) is 9.12. The molecule has 3 heteroatoms. The van der Waals surface area contributed by atoms with E-state index < -0.39 is 0 Å². The third-order valence-corrected chi connectivity index (χ3v) is 5.85. The predicted octanol–water partition coefficient (Wildman–Crippen LogP) is 4.57. The van der Waals surface area contributed by atoms with E-state index in [1.54, 1.807) is 0 Å². The molecule has 1 N–H and O–H groups in total. The highest BCUT2D eigenvalue weighted by atomic mass is 79.9. The zero-order valence-corrected chi connectivity index (χ0v) is 15.3. The van der Waals surface area contributed by atoms with Crippen molar-refractivity contribution in [3.63, 3.8) is 0 Å². The molecule has 0 radical (unpaired) electrons. The highest BCUT2D eigenvalue weighted by molar-refractivity contribution is 9.10. The van der Waals surface area contributed by atoms with Crippen LogP contribution >= 0.6 is 15.9 Å². The average molecular weight is 353 g/mol. The van der Waals surface area contributed by atoms with E-state index in [-0.39, 0.29) is 0 Å². The number of rotatable bonds is 7. The molecule has 0 atom stereocenters. The van der Waals surface area contributed by atoms with Gasteiger partial charge in [-0.05, 0) is 55.0 Å². The summed E-state index contributed by atoms with van der Waals surface area (Å²) in [5.74, 6) is 0. The zero-order chi connectivity index (χ0) is 15.3. The van der Waals surface area contributed by atoms with Gasteiger partial charge >= 0.3 is 0 Å². The Morgan fingerprint density at radius 1 is 1.24 bits per heavy atom. The van der Waals surface area contributed by atoms with Crippen molar-refractivity contribution in [1.29, 1.82) is 0 Å². The lowest BCUT2D eigenvalue weighted by molar-refractivity contribution is 0.236. The Morgan fingerprint density at radius 3 is 2.57 bits per heavy atom. The summed E-state index contributed by atoms with van der Waals surface area (Å²) in [5.41, 5.74) is 3.33.